The van der Waals surface area contributed by atoms with Crippen molar-refractivity contribution in [2.75, 3.05) is 6.61 Å². The molecule has 3 atom stereocenters. The minimum Gasteiger partial charge on any atom is -0.349 e. The van der Waals surface area contributed by atoms with Gasteiger partial charge in [0, 0.05) is 5.92 Å². The van der Waals surface area contributed by atoms with Crippen LogP contribution in [0.1, 0.15) is 25.3 Å². The number of rotatable bonds is 2. The molecule has 0 saturated carbocycles. The lowest BCUT2D eigenvalue weighted by Gasteiger charge is -2.18. The molecular weight excluding hydrogens is 176 g/mol. The summed E-state index contributed by atoms with van der Waals surface area (Å²) in [6.07, 6.45) is 0.151. The second-order valence-corrected chi connectivity index (χ2v) is 3.85. The molecule has 76 valence electrons. The quantitative estimate of drug-likeness (QED) is 0.717. The molecule has 2 nitrogen and oxygen atoms in total. The second kappa shape index (κ2) is 4.11. The van der Waals surface area contributed by atoms with Crippen molar-refractivity contribution in [2.45, 2.75) is 32.2 Å². The first-order chi connectivity index (χ1) is 6.77. The highest BCUT2D eigenvalue weighted by atomic mass is 16.7. The largest absolute Gasteiger partial charge is 0.349 e. The molecular formula is C12H16O2. The maximum atomic E-state index is 5.66. The van der Waals surface area contributed by atoms with Crippen molar-refractivity contribution >= 4 is 0 Å². The second-order valence-electron chi connectivity index (χ2n) is 3.85. The van der Waals surface area contributed by atoms with Crippen LogP contribution in [0.15, 0.2) is 30.3 Å². The van der Waals surface area contributed by atoms with Crippen LogP contribution in [-0.2, 0) is 9.47 Å². The van der Waals surface area contributed by atoms with Gasteiger partial charge in [0.05, 0.1) is 12.7 Å². The van der Waals surface area contributed by atoms with Crippen molar-refractivity contribution in [2.24, 2.45) is 0 Å². The smallest absolute Gasteiger partial charge is 0.164 e. The van der Waals surface area contributed by atoms with Gasteiger partial charge in [0.25, 0.3) is 0 Å². The molecule has 0 aromatic heterocycles. The molecule has 1 aromatic rings. The monoisotopic (exact) mass is 192 g/mol. The predicted octanol–water partition coefficient (Wildman–Crippen LogP) is 2.55. The van der Waals surface area contributed by atoms with Crippen molar-refractivity contribution < 1.29 is 9.47 Å². The van der Waals surface area contributed by atoms with Gasteiger partial charge in [-0.25, -0.2) is 0 Å². The molecule has 1 heterocycles. The molecule has 0 radical (unpaired) electrons. The van der Waals surface area contributed by atoms with Crippen LogP contribution in [0.25, 0.3) is 0 Å². The van der Waals surface area contributed by atoms with Gasteiger partial charge in [-0.05, 0) is 12.5 Å². The topological polar surface area (TPSA) is 18.5 Å². The summed E-state index contributed by atoms with van der Waals surface area (Å²) in [7, 11) is 0. The lowest BCUT2D eigenvalue weighted by Crippen LogP contribution is -2.17. The van der Waals surface area contributed by atoms with Gasteiger partial charge in [-0.2, -0.15) is 0 Å². The summed E-state index contributed by atoms with van der Waals surface area (Å²) in [4.78, 5) is 0. The van der Waals surface area contributed by atoms with Crippen molar-refractivity contribution in [3.8, 4) is 0 Å². The van der Waals surface area contributed by atoms with E-state index in [0.29, 0.717) is 12.5 Å². The Kier molecular flexibility index (Phi) is 2.85. The molecule has 1 aliphatic rings. The van der Waals surface area contributed by atoms with E-state index in [1.807, 2.05) is 25.1 Å². The Bertz CT molecular complexity index is 284. The third kappa shape index (κ3) is 1.97. The summed E-state index contributed by atoms with van der Waals surface area (Å²) in [5.41, 5.74) is 1.27. The van der Waals surface area contributed by atoms with Crippen LogP contribution in [0.3, 0.4) is 0 Å². The lowest BCUT2D eigenvalue weighted by atomic mass is 10.0. The van der Waals surface area contributed by atoms with E-state index in [9.17, 15) is 0 Å². The fraction of sp³-hybridized carbons (Fsp3) is 0.500. The molecule has 14 heavy (non-hydrogen) atoms. The fourth-order valence-corrected chi connectivity index (χ4v) is 1.71. The van der Waals surface area contributed by atoms with Gasteiger partial charge in [0.2, 0.25) is 0 Å². The summed E-state index contributed by atoms with van der Waals surface area (Å²) < 4.78 is 11.2. The van der Waals surface area contributed by atoms with Crippen molar-refractivity contribution in [1.29, 1.82) is 0 Å². The average molecular weight is 192 g/mol. The van der Waals surface area contributed by atoms with E-state index in [4.69, 9.17) is 9.47 Å². The normalized spacial score (nSPS) is 29.0. The summed E-state index contributed by atoms with van der Waals surface area (Å²) in [6, 6.07) is 10.3. The van der Waals surface area contributed by atoms with Gasteiger partial charge in [0.1, 0.15) is 0 Å². The van der Waals surface area contributed by atoms with E-state index in [2.05, 4.69) is 19.1 Å². The van der Waals surface area contributed by atoms with Crippen LogP contribution in [0, 0.1) is 0 Å². The summed E-state index contributed by atoms with van der Waals surface area (Å²) in [6.45, 7) is 4.89. The SMILES string of the molecule is C[C@@H]1CO[C@H]([C@@H](C)c2ccccc2)O1. The maximum absolute atomic E-state index is 5.66. The van der Waals surface area contributed by atoms with Gasteiger partial charge in [0.15, 0.2) is 6.29 Å². The first-order valence-corrected chi connectivity index (χ1v) is 5.09. The van der Waals surface area contributed by atoms with Gasteiger partial charge < -0.3 is 9.47 Å². The molecule has 0 unspecified atom stereocenters. The average Bonchev–Trinajstić information content (AvgIpc) is 2.65. The highest BCUT2D eigenvalue weighted by Gasteiger charge is 2.28. The fourth-order valence-electron chi connectivity index (χ4n) is 1.71. The zero-order chi connectivity index (χ0) is 9.97. The molecule has 0 bridgehead atoms. The maximum Gasteiger partial charge on any atom is 0.164 e. The zero-order valence-electron chi connectivity index (χ0n) is 8.64. The van der Waals surface area contributed by atoms with Crippen LogP contribution in [0.5, 0.6) is 0 Å². The highest BCUT2D eigenvalue weighted by molar-refractivity contribution is 5.19. The minimum atomic E-state index is -0.0765. The first-order valence-electron chi connectivity index (χ1n) is 5.09. The van der Waals surface area contributed by atoms with E-state index >= 15 is 0 Å². The van der Waals surface area contributed by atoms with E-state index in [0.717, 1.165) is 0 Å². The van der Waals surface area contributed by atoms with Gasteiger partial charge in [-0.3, -0.25) is 0 Å². The number of benzene rings is 1. The Hall–Kier alpha value is -0.860. The van der Waals surface area contributed by atoms with Crippen LogP contribution in [0.4, 0.5) is 0 Å². The van der Waals surface area contributed by atoms with Crippen LogP contribution >= 0.6 is 0 Å². The number of ether oxygens (including phenoxy) is 2. The third-order valence-corrected chi connectivity index (χ3v) is 2.60. The lowest BCUT2D eigenvalue weighted by molar-refractivity contribution is -0.0691. The molecule has 0 amide bonds. The Morgan fingerprint density at radius 2 is 2.00 bits per heavy atom. The van der Waals surface area contributed by atoms with E-state index in [1.54, 1.807) is 0 Å². The van der Waals surface area contributed by atoms with Crippen LogP contribution < -0.4 is 0 Å². The van der Waals surface area contributed by atoms with Gasteiger partial charge in [-0.15, -0.1) is 0 Å². The van der Waals surface area contributed by atoms with Crippen molar-refractivity contribution in [3.05, 3.63) is 35.9 Å². The Balaban J connectivity index is 2.05. The molecule has 0 spiro atoms. The third-order valence-electron chi connectivity index (χ3n) is 2.60. The molecule has 0 aliphatic carbocycles. The van der Waals surface area contributed by atoms with E-state index in [1.165, 1.54) is 5.56 Å². The summed E-state index contributed by atoms with van der Waals surface area (Å²) in [5.74, 6) is 0.307. The number of hydrogen-bond acceptors (Lipinski definition) is 2. The Labute approximate surface area is 84.8 Å². The van der Waals surface area contributed by atoms with Gasteiger partial charge in [-0.1, -0.05) is 37.3 Å². The molecule has 2 rings (SSSR count). The predicted molar refractivity (Wildman–Crippen MR) is 55.1 cm³/mol. The number of hydrogen-bond donors (Lipinski definition) is 0. The standard InChI is InChI=1S/C12H16O2/c1-9-8-13-12(14-9)10(2)11-6-4-3-5-7-11/h3-7,9-10,12H,8H2,1-2H3/t9-,10+,12+/m1/s1. The first kappa shape index (κ1) is 9.69. The van der Waals surface area contributed by atoms with E-state index < -0.39 is 0 Å². The molecule has 1 aliphatic heterocycles. The van der Waals surface area contributed by atoms with Crippen molar-refractivity contribution in [1.82, 2.24) is 0 Å². The minimum absolute atomic E-state index is 0.0765. The molecule has 1 fully saturated rings. The zero-order valence-corrected chi connectivity index (χ0v) is 8.64. The van der Waals surface area contributed by atoms with E-state index in [-0.39, 0.29) is 12.4 Å². The summed E-state index contributed by atoms with van der Waals surface area (Å²) >= 11 is 0. The molecule has 1 saturated heterocycles. The summed E-state index contributed by atoms with van der Waals surface area (Å²) in [5, 5.41) is 0. The Morgan fingerprint density at radius 1 is 1.29 bits per heavy atom. The molecule has 1 aromatic carbocycles. The van der Waals surface area contributed by atoms with Crippen LogP contribution in [0.2, 0.25) is 0 Å². The highest BCUT2D eigenvalue weighted by Crippen LogP contribution is 2.26. The Morgan fingerprint density at radius 3 is 2.57 bits per heavy atom. The van der Waals surface area contributed by atoms with Crippen LogP contribution in [-0.4, -0.2) is 19.0 Å². The molecule has 2 heteroatoms. The van der Waals surface area contributed by atoms with Gasteiger partial charge >= 0.3 is 0 Å². The molecule has 0 N–H and O–H groups in total. The van der Waals surface area contributed by atoms with Crippen molar-refractivity contribution in [3.63, 3.8) is 0 Å².